The van der Waals surface area contributed by atoms with Gasteiger partial charge in [-0.05, 0) is 56.1 Å². The van der Waals surface area contributed by atoms with Crippen molar-refractivity contribution >= 4 is 5.82 Å². The molecule has 0 radical (unpaired) electrons. The van der Waals surface area contributed by atoms with Crippen molar-refractivity contribution in [1.29, 1.82) is 0 Å². The first-order valence-electron chi connectivity index (χ1n) is 11.4. The fourth-order valence-electron chi connectivity index (χ4n) is 4.60. The smallest absolute Gasteiger partial charge is 0.416 e. The molecule has 2 aliphatic heterocycles. The fourth-order valence-corrected chi connectivity index (χ4v) is 4.60. The normalized spacial score (nSPS) is 24.5. The molecule has 0 saturated carbocycles. The SMILES string of the molecule is Cc1cc(N[C@@H]2CCCN(CCN3CC(O)C(F)C3)C2)nnc1-c1ccc(C(F)(F)F)cc1O. The molecule has 34 heavy (non-hydrogen) atoms. The van der Waals surface area contributed by atoms with Crippen LogP contribution in [-0.2, 0) is 6.18 Å². The molecule has 1 aromatic heterocycles. The molecule has 11 heteroatoms. The molecule has 3 atom stereocenters. The van der Waals surface area contributed by atoms with Gasteiger partial charge in [0.05, 0.1) is 17.4 Å². The van der Waals surface area contributed by atoms with E-state index >= 15 is 0 Å². The van der Waals surface area contributed by atoms with Gasteiger partial charge in [0.1, 0.15) is 17.7 Å². The Morgan fingerprint density at radius 1 is 1.09 bits per heavy atom. The minimum atomic E-state index is -4.54. The number of phenolic OH excluding ortho intramolecular Hbond substituents is 1. The zero-order chi connectivity index (χ0) is 24.5. The summed E-state index contributed by atoms with van der Waals surface area (Å²) in [6.07, 6.45) is -4.66. The number of hydrogen-bond donors (Lipinski definition) is 3. The van der Waals surface area contributed by atoms with E-state index < -0.39 is 29.8 Å². The van der Waals surface area contributed by atoms with Crippen LogP contribution < -0.4 is 5.32 Å². The summed E-state index contributed by atoms with van der Waals surface area (Å²) in [7, 11) is 0. The molecule has 1 aromatic carbocycles. The van der Waals surface area contributed by atoms with Crippen molar-refractivity contribution in [2.24, 2.45) is 0 Å². The van der Waals surface area contributed by atoms with Crippen LogP contribution in [0.3, 0.4) is 0 Å². The van der Waals surface area contributed by atoms with Crippen LogP contribution in [0, 0.1) is 6.92 Å². The maximum Gasteiger partial charge on any atom is 0.416 e. The lowest BCUT2D eigenvalue weighted by atomic mass is 10.0. The predicted molar refractivity (Wildman–Crippen MR) is 119 cm³/mol. The van der Waals surface area contributed by atoms with Crippen molar-refractivity contribution in [2.45, 2.75) is 44.3 Å². The second-order valence-electron chi connectivity index (χ2n) is 9.12. The van der Waals surface area contributed by atoms with Crippen molar-refractivity contribution < 1.29 is 27.8 Å². The average Bonchev–Trinajstić information content (AvgIpc) is 3.10. The number of hydrogen-bond acceptors (Lipinski definition) is 7. The van der Waals surface area contributed by atoms with E-state index in [0.717, 1.165) is 38.5 Å². The summed E-state index contributed by atoms with van der Waals surface area (Å²) in [4.78, 5) is 4.24. The number of aromatic hydroxyl groups is 1. The van der Waals surface area contributed by atoms with Gasteiger partial charge in [-0.3, -0.25) is 4.90 Å². The van der Waals surface area contributed by atoms with E-state index in [1.807, 2.05) is 4.90 Å². The number of rotatable bonds is 6. The van der Waals surface area contributed by atoms with Crippen LogP contribution in [0.5, 0.6) is 5.75 Å². The highest BCUT2D eigenvalue weighted by molar-refractivity contribution is 5.70. The number of alkyl halides is 4. The Hall–Kier alpha value is -2.50. The third-order valence-corrected chi connectivity index (χ3v) is 6.45. The first-order valence-corrected chi connectivity index (χ1v) is 11.4. The Bertz CT molecular complexity index is 996. The van der Waals surface area contributed by atoms with Crippen LogP contribution in [-0.4, -0.2) is 87.8 Å². The highest BCUT2D eigenvalue weighted by Crippen LogP contribution is 2.36. The molecule has 0 spiro atoms. The minimum Gasteiger partial charge on any atom is -0.507 e. The number of halogens is 4. The van der Waals surface area contributed by atoms with Gasteiger partial charge in [-0.15, -0.1) is 10.2 Å². The molecule has 0 amide bonds. The third-order valence-electron chi connectivity index (χ3n) is 6.45. The highest BCUT2D eigenvalue weighted by Gasteiger charge is 2.32. The molecule has 2 aliphatic rings. The van der Waals surface area contributed by atoms with Crippen LogP contribution in [0.2, 0.25) is 0 Å². The van der Waals surface area contributed by atoms with Crippen molar-refractivity contribution in [2.75, 3.05) is 44.6 Å². The molecule has 0 aliphatic carbocycles. The van der Waals surface area contributed by atoms with Crippen molar-refractivity contribution in [3.63, 3.8) is 0 Å². The Balaban J connectivity index is 1.36. The second-order valence-corrected chi connectivity index (χ2v) is 9.12. The average molecular weight is 484 g/mol. The van der Waals surface area contributed by atoms with Gasteiger partial charge < -0.3 is 20.4 Å². The number of anilines is 1. The monoisotopic (exact) mass is 483 g/mol. The molecule has 7 nitrogen and oxygen atoms in total. The quantitative estimate of drug-likeness (QED) is 0.545. The zero-order valence-corrected chi connectivity index (χ0v) is 18.9. The van der Waals surface area contributed by atoms with Crippen LogP contribution in [0.25, 0.3) is 11.3 Å². The number of likely N-dealkylation sites (tertiary alicyclic amines) is 2. The molecule has 3 heterocycles. The Kier molecular flexibility index (Phi) is 7.25. The summed E-state index contributed by atoms with van der Waals surface area (Å²) in [5.41, 5.74) is 0.260. The summed E-state index contributed by atoms with van der Waals surface area (Å²) >= 11 is 0. The Morgan fingerprint density at radius 2 is 1.85 bits per heavy atom. The van der Waals surface area contributed by atoms with Gasteiger partial charge in [0.2, 0.25) is 0 Å². The number of benzene rings is 1. The number of aryl methyl sites for hydroxylation is 1. The van der Waals surface area contributed by atoms with Gasteiger partial charge in [0.25, 0.3) is 0 Å². The fraction of sp³-hybridized carbons (Fsp3) is 0.565. The van der Waals surface area contributed by atoms with Crippen molar-refractivity contribution in [1.82, 2.24) is 20.0 Å². The van der Waals surface area contributed by atoms with Crippen LogP contribution in [0.15, 0.2) is 24.3 Å². The van der Waals surface area contributed by atoms with E-state index in [4.69, 9.17) is 0 Å². The lowest BCUT2D eigenvalue weighted by Gasteiger charge is -2.34. The molecular formula is C23H29F4N5O2. The zero-order valence-electron chi connectivity index (χ0n) is 18.9. The Labute approximate surface area is 195 Å². The number of β-amino-alcohol motifs (C(OH)–C–C–N with tert-alkyl or cyclic N) is 1. The van der Waals surface area contributed by atoms with Crippen LogP contribution in [0.4, 0.5) is 23.4 Å². The number of nitrogens with one attached hydrogen (secondary N) is 1. The highest BCUT2D eigenvalue weighted by atomic mass is 19.4. The van der Waals surface area contributed by atoms with Crippen LogP contribution >= 0.6 is 0 Å². The van der Waals surface area contributed by atoms with Crippen LogP contribution in [0.1, 0.15) is 24.0 Å². The van der Waals surface area contributed by atoms with Crippen molar-refractivity contribution in [3.05, 3.63) is 35.4 Å². The van der Waals surface area contributed by atoms with Gasteiger partial charge >= 0.3 is 6.18 Å². The molecule has 4 rings (SSSR count). The number of phenols is 1. The summed E-state index contributed by atoms with van der Waals surface area (Å²) in [5.74, 6) is 0.0582. The van der Waals surface area contributed by atoms with Gasteiger partial charge in [-0.2, -0.15) is 13.2 Å². The number of nitrogens with zero attached hydrogens (tertiary/aromatic N) is 4. The molecule has 0 bridgehead atoms. The predicted octanol–water partition coefficient (Wildman–Crippen LogP) is 3.07. The summed E-state index contributed by atoms with van der Waals surface area (Å²) in [6, 6.07) is 4.72. The lowest BCUT2D eigenvalue weighted by Crippen LogP contribution is -2.45. The van der Waals surface area contributed by atoms with E-state index in [1.54, 1.807) is 13.0 Å². The van der Waals surface area contributed by atoms with E-state index in [-0.39, 0.29) is 18.2 Å². The second kappa shape index (κ2) is 10.0. The third kappa shape index (κ3) is 5.76. The summed E-state index contributed by atoms with van der Waals surface area (Å²) < 4.78 is 52.1. The van der Waals surface area contributed by atoms with E-state index in [9.17, 15) is 27.8 Å². The lowest BCUT2D eigenvalue weighted by molar-refractivity contribution is -0.137. The van der Waals surface area contributed by atoms with E-state index in [2.05, 4.69) is 20.4 Å². The number of aromatic nitrogens is 2. The molecule has 2 saturated heterocycles. The molecule has 186 valence electrons. The molecule has 2 fully saturated rings. The molecule has 2 aromatic rings. The first-order chi connectivity index (χ1) is 16.1. The van der Waals surface area contributed by atoms with Gasteiger partial charge in [-0.25, -0.2) is 4.39 Å². The first kappa shape index (κ1) is 24.6. The largest absolute Gasteiger partial charge is 0.507 e. The molecule has 3 N–H and O–H groups in total. The topological polar surface area (TPSA) is 84.8 Å². The van der Waals surface area contributed by atoms with E-state index in [0.29, 0.717) is 36.2 Å². The summed E-state index contributed by atoms with van der Waals surface area (Å²) in [6.45, 7) is 5.63. The molecule has 2 unspecified atom stereocenters. The maximum absolute atomic E-state index is 13.5. The van der Waals surface area contributed by atoms with Crippen molar-refractivity contribution in [3.8, 4) is 17.0 Å². The van der Waals surface area contributed by atoms with Gasteiger partial charge in [0.15, 0.2) is 0 Å². The summed E-state index contributed by atoms with van der Waals surface area (Å²) in [5, 5.41) is 31.4. The van der Waals surface area contributed by atoms with Gasteiger partial charge in [-0.1, -0.05) is 0 Å². The van der Waals surface area contributed by atoms with Gasteiger partial charge in [0, 0.05) is 44.3 Å². The minimum absolute atomic E-state index is 0.144. The van der Waals surface area contributed by atoms with E-state index in [1.165, 1.54) is 6.07 Å². The molecular weight excluding hydrogens is 454 g/mol. The number of aliphatic hydroxyl groups is 1. The maximum atomic E-state index is 13.5. The standard InChI is InChI=1S/C23H29F4N5O2/c1-14-9-21(29-30-22(14)17-5-4-15(10-19(17)33)23(25,26)27)28-16-3-2-6-31(11-16)7-8-32-12-18(24)20(34)13-32/h4-5,9-10,16,18,20,33-34H,2-3,6-8,11-13H2,1H3,(H,28,29)/t16-,18?,20?/m1/s1. The number of piperidine rings is 1. The number of aliphatic hydroxyl groups excluding tert-OH is 1. The Morgan fingerprint density at radius 3 is 2.50 bits per heavy atom.